The van der Waals surface area contributed by atoms with Crippen molar-refractivity contribution in [2.45, 2.75) is 6.92 Å². The number of hydrogen-bond donors (Lipinski definition) is 2. The van der Waals surface area contributed by atoms with E-state index in [0.717, 1.165) is 16.9 Å². The van der Waals surface area contributed by atoms with E-state index in [4.69, 9.17) is 11.6 Å². The lowest BCUT2D eigenvalue weighted by Gasteiger charge is -2.04. The SMILES string of the molecule is Cc1nc2ccc(NC(=O)c3cnc(Cl)cn3)cc2[nH]1. The van der Waals surface area contributed by atoms with E-state index in [1.807, 2.05) is 19.1 Å². The first kappa shape index (κ1) is 12.6. The number of fused-ring (bicyclic) bond motifs is 1. The van der Waals surface area contributed by atoms with E-state index in [1.54, 1.807) is 6.07 Å². The maximum atomic E-state index is 12.0. The molecule has 2 aromatic heterocycles. The molecule has 0 aliphatic rings. The topological polar surface area (TPSA) is 83.6 Å². The van der Waals surface area contributed by atoms with Gasteiger partial charge in [0.1, 0.15) is 16.7 Å². The number of imidazole rings is 1. The third-order valence-electron chi connectivity index (χ3n) is 2.71. The number of benzene rings is 1. The predicted octanol–water partition coefficient (Wildman–Crippen LogP) is 2.57. The number of H-pyrrole nitrogens is 1. The van der Waals surface area contributed by atoms with Crippen LogP contribution in [0.15, 0.2) is 30.6 Å². The smallest absolute Gasteiger partial charge is 0.275 e. The number of hydrogen-bond acceptors (Lipinski definition) is 4. The summed E-state index contributed by atoms with van der Waals surface area (Å²) in [5.74, 6) is 0.483. The molecular weight excluding hydrogens is 278 g/mol. The minimum atomic E-state index is -0.343. The van der Waals surface area contributed by atoms with Gasteiger partial charge < -0.3 is 10.3 Å². The molecule has 2 heterocycles. The zero-order valence-corrected chi connectivity index (χ0v) is 11.3. The molecule has 1 aromatic carbocycles. The second-order valence-corrected chi connectivity index (χ2v) is 4.62. The third-order valence-corrected chi connectivity index (χ3v) is 2.91. The van der Waals surface area contributed by atoms with Gasteiger partial charge >= 0.3 is 0 Å². The third kappa shape index (κ3) is 2.46. The molecule has 0 atom stereocenters. The fourth-order valence-corrected chi connectivity index (χ4v) is 1.94. The Balaban J connectivity index is 1.84. The van der Waals surface area contributed by atoms with Crippen LogP contribution in [0, 0.1) is 6.92 Å². The van der Waals surface area contributed by atoms with E-state index in [1.165, 1.54) is 12.4 Å². The number of aryl methyl sites for hydroxylation is 1. The second-order valence-electron chi connectivity index (χ2n) is 4.23. The number of carbonyl (C=O) groups is 1. The highest BCUT2D eigenvalue weighted by Gasteiger charge is 2.09. The van der Waals surface area contributed by atoms with Crippen LogP contribution in [0.2, 0.25) is 5.15 Å². The Morgan fingerprint density at radius 1 is 1.30 bits per heavy atom. The molecular formula is C13H10ClN5O. The van der Waals surface area contributed by atoms with Crippen molar-refractivity contribution in [1.29, 1.82) is 0 Å². The van der Waals surface area contributed by atoms with Gasteiger partial charge in [0.2, 0.25) is 0 Å². The highest BCUT2D eigenvalue weighted by atomic mass is 35.5. The van der Waals surface area contributed by atoms with Crippen LogP contribution in [-0.2, 0) is 0 Å². The predicted molar refractivity (Wildman–Crippen MR) is 75.8 cm³/mol. The number of carbonyl (C=O) groups excluding carboxylic acids is 1. The van der Waals surface area contributed by atoms with Gasteiger partial charge in [0.15, 0.2) is 0 Å². The molecule has 6 nitrogen and oxygen atoms in total. The average molecular weight is 288 g/mol. The number of aromatic amines is 1. The summed E-state index contributed by atoms with van der Waals surface area (Å²) in [7, 11) is 0. The van der Waals surface area contributed by atoms with E-state index in [-0.39, 0.29) is 16.8 Å². The first-order valence-corrected chi connectivity index (χ1v) is 6.25. The molecule has 20 heavy (non-hydrogen) atoms. The van der Waals surface area contributed by atoms with Crippen LogP contribution in [-0.4, -0.2) is 25.8 Å². The molecule has 0 radical (unpaired) electrons. The van der Waals surface area contributed by atoms with Crippen LogP contribution in [0.25, 0.3) is 11.0 Å². The normalized spacial score (nSPS) is 10.7. The number of anilines is 1. The molecule has 0 saturated heterocycles. The molecule has 0 saturated carbocycles. The summed E-state index contributed by atoms with van der Waals surface area (Å²) < 4.78 is 0. The minimum Gasteiger partial charge on any atom is -0.342 e. The summed E-state index contributed by atoms with van der Waals surface area (Å²) in [5.41, 5.74) is 2.58. The number of rotatable bonds is 2. The van der Waals surface area contributed by atoms with Gasteiger partial charge in [0, 0.05) is 5.69 Å². The number of nitrogens with one attached hydrogen (secondary N) is 2. The summed E-state index contributed by atoms with van der Waals surface area (Å²) in [5, 5.41) is 2.99. The fourth-order valence-electron chi connectivity index (χ4n) is 1.84. The lowest BCUT2D eigenvalue weighted by molar-refractivity contribution is 0.102. The zero-order valence-electron chi connectivity index (χ0n) is 10.5. The summed E-state index contributed by atoms with van der Waals surface area (Å²) >= 11 is 5.63. The van der Waals surface area contributed by atoms with Crippen molar-refractivity contribution >= 4 is 34.2 Å². The minimum absolute atomic E-state index is 0.204. The Morgan fingerprint density at radius 2 is 2.15 bits per heavy atom. The summed E-state index contributed by atoms with van der Waals surface area (Å²) in [6.07, 6.45) is 2.66. The monoisotopic (exact) mass is 287 g/mol. The van der Waals surface area contributed by atoms with Crippen LogP contribution >= 0.6 is 11.6 Å². The van der Waals surface area contributed by atoms with Gasteiger partial charge in [-0.05, 0) is 25.1 Å². The summed E-state index contributed by atoms with van der Waals surface area (Å²) in [6, 6.07) is 5.43. The molecule has 0 aliphatic carbocycles. The standard InChI is InChI=1S/C13H10ClN5O/c1-7-17-9-3-2-8(4-10(9)18-7)19-13(20)11-5-16-12(14)6-15-11/h2-6H,1H3,(H,17,18)(H,19,20). The maximum absolute atomic E-state index is 12.0. The lowest BCUT2D eigenvalue weighted by atomic mass is 10.2. The van der Waals surface area contributed by atoms with Crippen molar-refractivity contribution in [2.75, 3.05) is 5.32 Å². The summed E-state index contributed by atoms with van der Waals surface area (Å²) in [4.78, 5) is 27.1. The number of halogens is 1. The molecule has 100 valence electrons. The Bertz CT molecular complexity index is 781. The van der Waals surface area contributed by atoms with Crippen molar-refractivity contribution in [1.82, 2.24) is 19.9 Å². The van der Waals surface area contributed by atoms with Crippen LogP contribution < -0.4 is 5.32 Å². The van der Waals surface area contributed by atoms with Crippen molar-refractivity contribution in [3.05, 3.63) is 47.3 Å². The van der Waals surface area contributed by atoms with Crippen LogP contribution in [0.1, 0.15) is 16.3 Å². The first-order chi connectivity index (χ1) is 9.61. The Morgan fingerprint density at radius 3 is 2.90 bits per heavy atom. The van der Waals surface area contributed by atoms with Gasteiger partial charge in [-0.15, -0.1) is 0 Å². The van der Waals surface area contributed by atoms with E-state index in [0.29, 0.717) is 5.69 Å². The molecule has 0 bridgehead atoms. The van der Waals surface area contributed by atoms with E-state index in [2.05, 4.69) is 25.3 Å². The molecule has 0 spiro atoms. The van der Waals surface area contributed by atoms with Crippen LogP contribution in [0.5, 0.6) is 0 Å². The number of aromatic nitrogens is 4. The van der Waals surface area contributed by atoms with Crippen molar-refractivity contribution in [2.24, 2.45) is 0 Å². The first-order valence-electron chi connectivity index (χ1n) is 5.87. The molecule has 2 N–H and O–H groups in total. The molecule has 3 aromatic rings. The van der Waals surface area contributed by atoms with E-state index in [9.17, 15) is 4.79 Å². The van der Waals surface area contributed by atoms with E-state index < -0.39 is 0 Å². The average Bonchev–Trinajstić information content (AvgIpc) is 2.78. The molecule has 1 amide bonds. The van der Waals surface area contributed by atoms with Gasteiger partial charge in [-0.2, -0.15) is 0 Å². The van der Waals surface area contributed by atoms with Gasteiger partial charge in [-0.25, -0.2) is 15.0 Å². The van der Waals surface area contributed by atoms with Gasteiger partial charge in [-0.1, -0.05) is 11.6 Å². The van der Waals surface area contributed by atoms with Gasteiger partial charge in [0.25, 0.3) is 5.91 Å². The van der Waals surface area contributed by atoms with Gasteiger partial charge in [0.05, 0.1) is 23.4 Å². The quantitative estimate of drug-likeness (QED) is 0.759. The van der Waals surface area contributed by atoms with Gasteiger partial charge in [-0.3, -0.25) is 4.79 Å². The lowest BCUT2D eigenvalue weighted by Crippen LogP contribution is -2.13. The van der Waals surface area contributed by atoms with E-state index >= 15 is 0 Å². The molecule has 0 unspecified atom stereocenters. The summed E-state index contributed by atoms with van der Waals surface area (Å²) in [6.45, 7) is 1.88. The number of nitrogens with zero attached hydrogens (tertiary/aromatic N) is 3. The molecule has 3 rings (SSSR count). The van der Waals surface area contributed by atoms with Crippen molar-refractivity contribution < 1.29 is 4.79 Å². The van der Waals surface area contributed by atoms with Crippen LogP contribution in [0.4, 0.5) is 5.69 Å². The van der Waals surface area contributed by atoms with Crippen molar-refractivity contribution in [3.8, 4) is 0 Å². The van der Waals surface area contributed by atoms with Crippen molar-refractivity contribution in [3.63, 3.8) is 0 Å². The Hall–Kier alpha value is -2.47. The highest BCUT2D eigenvalue weighted by Crippen LogP contribution is 2.17. The van der Waals surface area contributed by atoms with Crippen LogP contribution in [0.3, 0.4) is 0 Å². The Labute approximate surface area is 119 Å². The Kier molecular flexibility index (Phi) is 3.08. The highest BCUT2D eigenvalue weighted by molar-refractivity contribution is 6.29. The molecule has 0 aliphatic heterocycles. The molecule has 0 fully saturated rings. The second kappa shape index (κ2) is 4.90. The largest absolute Gasteiger partial charge is 0.342 e. The fraction of sp³-hybridized carbons (Fsp3) is 0.0769. The maximum Gasteiger partial charge on any atom is 0.275 e. The molecule has 7 heteroatoms. The zero-order chi connectivity index (χ0) is 14.1. The number of amides is 1.